The summed E-state index contributed by atoms with van der Waals surface area (Å²) in [5.74, 6) is -0.663. The number of aldehydes is 1. The molecule has 0 fully saturated rings. The average molecular weight is 224 g/mol. The van der Waals surface area contributed by atoms with Crippen molar-refractivity contribution in [3.05, 3.63) is 33.8 Å². The SMILES string of the molecule is COC(=O)c1cc(Cl)c(C#N)cc1C=O. The molecule has 76 valence electrons. The highest BCUT2D eigenvalue weighted by Crippen LogP contribution is 2.20. The second-order valence-electron chi connectivity index (χ2n) is 2.64. The van der Waals surface area contributed by atoms with Gasteiger partial charge in [0.15, 0.2) is 6.29 Å². The van der Waals surface area contributed by atoms with Crippen LogP contribution in [0.25, 0.3) is 0 Å². The molecule has 15 heavy (non-hydrogen) atoms. The van der Waals surface area contributed by atoms with Gasteiger partial charge in [-0.15, -0.1) is 0 Å². The van der Waals surface area contributed by atoms with Crippen LogP contribution in [0.3, 0.4) is 0 Å². The molecular weight excluding hydrogens is 218 g/mol. The molecule has 0 amide bonds. The minimum Gasteiger partial charge on any atom is -0.465 e. The maximum atomic E-state index is 11.2. The van der Waals surface area contributed by atoms with Gasteiger partial charge in [0.25, 0.3) is 0 Å². The topological polar surface area (TPSA) is 67.2 Å². The van der Waals surface area contributed by atoms with Crippen LogP contribution in [0, 0.1) is 11.3 Å². The van der Waals surface area contributed by atoms with E-state index in [2.05, 4.69) is 4.74 Å². The zero-order valence-corrected chi connectivity index (χ0v) is 8.54. The lowest BCUT2D eigenvalue weighted by atomic mass is 10.1. The number of carbonyl (C=O) groups excluding carboxylic acids is 2. The Morgan fingerprint density at radius 3 is 2.73 bits per heavy atom. The van der Waals surface area contributed by atoms with Gasteiger partial charge in [-0.05, 0) is 12.1 Å². The van der Waals surface area contributed by atoms with Gasteiger partial charge in [0, 0.05) is 5.56 Å². The van der Waals surface area contributed by atoms with E-state index in [1.807, 2.05) is 6.07 Å². The Bertz CT molecular complexity index is 462. The number of nitriles is 1. The molecule has 0 bridgehead atoms. The quantitative estimate of drug-likeness (QED) is 0.567. The zero-order valence-electron chi connectivity index (χ0n) is 7.78. The summed E-state index contributed by atoms with van der Waals surface area (Å²) in [5.41, 5.74) is 0.283. The predicted octanol–water partition coefficient (Wildman–Crippen LogP) is 1.81. The van der Waals surface area contributed by atoms with Crippen LogP contribution in [0.2, 0.25) is 5.02 Å². The Kier molecular flexibility index (Phi) is 3.42. The van der Waals surface area contributed by atoms with E-state index in [9.17, 15) is 9.59 Å². The molecular formula is C10H6ClNO3. The first-order valence-corrected chi connectivity index (χ1v) is 4.29. The number of esters is 1. The lowest BCUT2D eigenvalue weighted by Crippen LogP contribution is -2.06. The second-order valence-corrected chi connectivity index (χ2v) is 3.05. The van der Waals surface area contributed by atoms with Crippen molar-refractivity contribution in [2.75, 3.05) is 7.11 Å². The van der Waals surface area contributed by atoms with Crippen LogP contribution in [0.15, 0.2) is 12.1 Å². The largest absolute Gasteiger partial charge is 0.465 e. The highest BCUT2D eigenvalue weighted by Gasteiger charge is 2.14. The third kappa shape index (κ3) is 2.14. The van der Waals surface area contributed by atoms with Crippen LogP contribution < -0.4 is 0 Å². The van der Waals surface area contributed by atoms with Crippen molar-refractivity contribution in [1.29, 1.82) is 5.26 Å². The Morgan fingerprint density at radius 1 is 1.60 bits per heavy atom. The number of hydrogen-bond donors (Lipinski definition) is 0. The van der Waals surface area contributed by atoms with Crippen molar-refractivity contribution in [1.82, 2.24) is 0 Å². The van der Waals surface area contributed by atoms with Crippen molar-refractivity contribution < 1.29 is 14.3 Å². The van der Waals surface area contributed by atoms with Crippen LogP contribution in [-0.4, -0.2) is 19.4 Å². The molecule has 0 aliphatic heterocycles. The summed E-state index contributed by atoms with van der Waals surface area (Å²) >= 11 is 5.71. The van der Waals surface area contributed by atoms with Crippen molar-refractivity contribution >= 4 is 23.9 Å². The summed E-state index contributed by atoms with van der Waals surface area (Å²) in [6.45, 7) is 0. The molecule has 0 atom stereocenters. The molecule has 1 aromatic rings. The minimum absolute atomic E-state index is 0.0523. The zero-order chi connectivity index (χ0) is 11.4. The van der Waals surface area contributed by atoms with Crippen molar-refractivity contribution in [3.63, 3.8) is 0 Å². The molecule has 0 saturated heterocycles. The number of methoxy groups -OCH3 is 1. The van der Waals surface area contributed by atoms with Gasteiger partial charge in [-0.25, -0.2) is 4.79 Å². The maximum absolute atomic E-state index is 11.2. The maximum Gasteiger partial charge on any atom is 0.338 e. The molecule has 1 aromatic carbocycles. The fraction of sp³-hybridized carbons (Fsp3) is 0.100. The van der Waals surface area contributed by atoms with E-state index < -0.39 is 5.97 Å². The Hall–Kier alpha value is -1.86. The molecule has 0 aliphatic rings. The van der Waals surface area contributed by atoms with Crippen molar-refractivity contribution in [2.45, 2.75) is 0 Å². The van der Waals surface area contributed by atoms with Crippen LogP contribution in [0.5, 0.6) is 0 Å². The average Bonchev–Trinajstić information content (AvgIpc) is 2.27. The Labute approximate surface area is 91.0 Å². The fourth-order valence-corrected chi connectivity index (χ4v) is 1.27. The second kappa shape index (κ2) is 4.58. The van der Waals surface area contributed by atoms with E-state index in [4.69, 9.17) is 16.9 Å². The molecule has 0 spiro atoms. The molecule has 0 unspecified atom stereocenters. The lowest BCUT2D eigenvalue weighted by molar-refractivity contribution is 0.0598. The third-order valence-electron chi connectivity index (χ3n) is 1.79. The monoisotopic (exact) mass is 223 g/mol. The van der Waals surface area contributed by atoms with Gasteiger partial charge in [-0.1, -0.05) is 11.6 Å². The summed E-state index contributed by atoms with van der Waals surface area (Å²) in [6.07, 6.45) is 0.476. The number of carbonyl (C=O) groups is 2. The van der Waals surface area contributed by atoms with Gasteiger partial charge < -0.3 is 4.74 Å². The minimum atomic E-state index is -0.663. The number of hydrogen-bond acceptors (Lipinski definition) is 4. The predicted molar refractivity (Wildman–Crippen MR) is 52.9 cm³/mol. The normalized spacial score (nSPS) is 9.13. The molecule has 0 saturated carbocycles. The summed E-state index contributed by atoms with van der Waals surface area (Å²) in [7, 11) is 1.20. The van der Waals surface area contributed by atoms with Gasteiger partial charge in [0.1, 0.15) is 6.07 Å². The van der Waals surface area contributed by atoms with E-state index in [1.165, 1.54) is 19.2 Å². The fourth-order valence-electron chi connectivity index (χ4n) is 1.06. The van der Waals surface area contributed by atoms with E-state index >= 15 is 0 Å². The van der Waals surface area contributed by atoms with Gasteiger partial charge in [0.2, 0.25) is 0 Å². The summed E-state index contributed by atoms with van der Waals surface area (Å²) < 4.78 is 4.47. The number of rotatable bonds is 2. The van der Waals surface area contributed by atoms with E-state index in [0.717, 1.165) is 0 Å². The number of halogens is 1. The smallest absolute Gasteiger partial charge is 0.338 e. The van der Waals surface area contributed by atoms with Crippen LogP contribution in [-0.2, 0) is 4.74 Å². The Balaban J connectivity index is 3.41. The Morgan fingerprint density at radius 2 is 2.27 bits per heavy atom. The molecule has 1 rings (SSSR count). The van der Waals surface area contributed by atoms with Crippen molar-refractivity contribution in [3.8, 4) is 6.07 Å². The summed E-state index contributed by atoms with van der Waals surface area (Å²) in [5, 5.41) is 8.77. The first kappa shape index (κ1) is 11.2. The molecule has 0 heterocycles. The molecule has 4 nitrogen and oxygen atoms in total. The first-order valence-electron chi connectivity index (χ1n) is 3.91. The molecule has 5 heteroatoms. The first-order chi connectivity index (χ1) is 7.13. The van der Waals surface area contributed by atoms with Gasteiger partial charge in [-0.3, -0.25) is 4.79 Å². The van der Waals surface area contributed by atoms with Gasteiger partial charge in [0.05, 0.1) is 23.3 Å². The number of ether oxygens (including phenoxy) is 1. The standard InChI is InChI=1S/C10H6ClNO3/c1-15-10(14)8-3-9(11)6(4-12)2-7(8)5-13/h2-3,5H,1H3. The molecule has 0 aromatic heterocycles. The highest BCUT2D eigenvalue weighted by atomic mass is 35.5. The van der Waals surface area contributed by atoms with Gasteiger partial charge >= 0.3 is 5.97 Å². The molecule has 0 aliphatic carbocycles. The van der Waals surface area contributed by atoms with E-state index in [-0.39, 0.29) is 21.7 Å². The van der Waals surface area contributed by atoms with Crippen LogP contribution in [0.1, 0.15) is 26.3 Å². The number of benzene rings is 1. The molecule has 0 radical (unpaired) electrons. The van der Waals surface area contributed by atoms with Crippen LogP contribution in [0.4, 0.5) is 0 Å². The van der Waals surface area contributed by atoms with Gasteiger partial charge in [-0.2, -0.15) is 5.26 Å². The highest BCUT2D eigenvalue weighted by molar-refractivity contribution is 6.32. The van der Waals surface area contributed by atoms with E-state index in [0.29, 0.717) is 6.29 Å². The molecule has 0 N–H and O–H groups in total. The summed E-state index contributed by atoms with van der Waals surface area (Å²) in [6, 6.07) is 4.31. The number of nitrogens with zero attached hydrogens (tertiary/aromatic N) is 1. The summed E-state index contributed by atoms with van der Waals surface area (Å²) in [4.78, 5) is 21.9. The lowest BCUT2D eigenvalue weighted by Gasteiger charge is -2.04. The van der Waals surface area contributed by atoms with Crippen molar-refractivity contribution in [2.24, 2.45) is 0 Å². The van der Waals surface area contributed by atoms with E-state index in [1.54, 1.807) is 0 Å². The van der Waals surface area contributed by atoms with Crippen LogP contribution >= 0.6 is 11.6 Å². The third-order valence-corrected chi connectivity index (χ3v) is 2.10.